The van der Waals surface area contributed by atoms with Gasteiger partial charge in [0.15, 0.2) is 0 Å². The third kappa shape index (κ3) is 2.64. The molecule has 1 atom stereocenters. The van der Waals surface area contributed by atoms with Gasteiger partial charge >= 0.3 is 6.03 Å². The third-order valence-electron chi connectivity index (χ3n) is 2.98. The summed E-state index contributed by atoms with van der Waals surface area (Å²) in [6.45, 7) is 2.15. The molecule has 1 fully saturated rings. The minimum Gasteiger partial charge on any atom is -0.330 e. The molecule has 1 aliphatic rings. The van der Waals surface area contributed by atoms with Gasteiger partial charge in [-0.1, -0.05) is 0 Å². The Balaban J connectivity index is 2.08. The molecule has 1 saturated heterocycles. The molecule has 0 saturated carbocycles. The van der Waals surface area contributed by atoms with Crippen molar-refractivity contribution in [1.82, 2.24) is 9.80 Å². The molecule has 2 rings (SSSR count). The standard InChI is InChI=1S/C11H16BrN3OS/c1-14-9(10-5-8(12)7-17-10)6-15(11(14)16)4-2-3-13/h5,7,9H,2-4,6,13H2,1H3. The van der Waals surface area contributed by atoms with Crippen LogP contribution in [0, 0.1) is 0 Å². The lowest BCUT2D eigenvalue weighted by Gasteiger charge is -2.16. The second-order valence-corrected chi connectivity index (χ2v) is 6.02. The number of urea groups is 1. The summed E-state index contributed by atoms with van der Waals surface area (Å²) in [5, 5.41) is 2.05. The largest absolute Gasteiger partial charge is 0.330 e. The molecule has 2 N–H and O–H groups in total. The Morgan fingerprint density at radius 2 is 2.41 bits per heavy atom. The molecule has 0 aromatic carbocycles. The van der Waals surface area contributed by atoms with Crippen LogP contribution < -0.4 is 5.73 Å². The summed E-state index contributed by atoms with van der Waals surface area (Å²) in [6, 6.07) is 2.37. The van der Waals surface area contributed by atoms with Gasteiger partial charge in [-0.05, 0) is 35.0 Å². The SMILES string of the molecule is CN1C(=O)N(CCCN)CC1c1cc(Br)cs1. The summed E-state index contributed by atoms with van der Waals surface area (Å²) in [7, 11) is 1.86. The van der Waals surface area contributed by atoms with Crippen LogP contribution in [0.1, 0.15) is 17.3 Å². The van der Waals surface area contributed by atoms with Crippen molar-refractivity contribution in [3.05, 3.63) is 20.8 Å². The molecule has 0 spiro atoms. The van der Waals surface area contributed by atoms with E-state index in [0.717, 1.165) is 24.0 Å². The molecule has 1 aliphatic heterocycles. The number of amides is 2. The van der Waals surface area contributed by atoms with E-state index in [0.29, 0.717) is 6.54 Å². The van der Waals surface area contributed by atoms with Gasteiger partial charge in [0.1, 0.15) is 0 Å². The molecular weight excluding hydrogens is 302 g/mol. The molecule has 1 aromatic heterocycles. The Labute approximate surface area is 114 Å². The molecule has 0 bridgehead atoms. The first-order valence-corrected chi connectivity index (χ1v) is 7.26. The maximum Gasteiger partial charge on any atom is 0.320 e. The van der Waals surface area contributed by atoms with Crippen LogP contribution in [-0.2, 0) is 0 Å². The summed E-state index contributed by atoms with van der Waals surface area (Å²) in [5.41, 5.74) is 5.48. The van der Waals surface area contributed by atoms with Crippen LogP contribution in [0.3, 0.4) is 0 Å². The zero-order valence-electron chi connectivity index (χ0n) is 9.73. The molecule has 4 nitrogen and oxygen atoms in total. The highest BCUT2D eigenvalue weighted by Crippen LogP contribution is 2.33. The normalized spacial score (nSPS) is 20.4. The van der Waals surface area contributed by atoms with Crippen LogP contribution >= 0.6 is 27.3 Å². The van der Waals surface area contributed by atoms with Crippen molar-refractivity contribution in [2.45, 2.75) is 12.5 Å². The number of carbonyl (C=O) groups is 1. The van der Waals surface area contributed by atoms with Gasteiger partial charge in [-0.3, -0.25) is 0 Å². The maximum atomic E-state index is 12.0. The van der Waals surface area contributed by atoms with Gasteiger partial charge in [0.2, 0.25) is 0 Å². The van der Waals surface area contributed by atoms with Crippen molar-refractivity contribution in [3.8, 4) is 0 Å². The van der Waals surface area contributed by atoms with E-state index in [4.69, 9.17) is 5.73 Å². The van der Waals surface area contributed by atoms with E-state index < -0.39 is 0 Å². The van der Waals surface area contributed by atoms with Crippen molar-refractivity contribution >= 4 is 33.3 Å². The van der Waals surface area contributed by atoms with Gasteiger partial charge in [0, 0.05) is 34.9 Å². The van der Waals surface area contributed by atoms with Gasteiger partial charge in [0.25, 0.3) is 0 Å². The number of hydrogen-bond acceptors (Lipinski definition) is 3. The van der Waals surface area contributed by atoms with Gasteiger partial charge in [-0.15, -0.1) is 11.3 Å². The van der Waals surface area contributed by atoms with Crippen LogP contribution in [0.5, 0.6) is 0 Å². The fraction of sp³-hybridized carbons (Fsp3) is 0.545. The second kappa shape index (κ2) is 5.37. The number of carbonyl (C=O) groups excluding carboxylic acids is 1. The van der Waals surface area contributed by atoms with E-state index in [1.165, 1.54) is 4.88 Å². The van der Waals surface area contributed by atoms with E-state index >= 15 is 0 Å². The highest BCUT2D eigenvalue weighted by molar-refractivity contribution is 9.10. The summed E-state index contributed by atoms with van der Waals surface area (Å²) in [6.07, 6.45) is 0.862. The fourth-order valence-corrected chi connectivity index (χ4v) is 3.60. The topological polar surface area (TPSA) is 49.6 Å². The zero-order chi connectivity index (χ0) is 12.4. The van der Waals surface area contributed by atoms with E-state index in [9.17, 15) is 4.79 Å². The van der Waals surface area contributed by atoms with Crippen LogP contribution in [0.4, 0.5) is 4.79 Å². The lowest BCUT2D eigenvalue weighted by molar-refractivity contribution is 0.195. The Hall–Kier alpha value is -0.590. The predicted molar refractivity (Wildman–Crippen MR) is 73.2 cm³/mol. The molecule has 1 aromatic rings. The number of nitrogens with two attached hydrogens (primary N) is 1. The van der Waals surface area contributed by atoms with Gasteiger partial charge in [-0.2, -0.15) is 0 Å². The van der Waals surface area contributed by atoms with Crippen molar-refractivity contribution in [1.29, 1.82) is 0 Å². The van der Waals surface area contributed by atoms with E-state index in [-0.39, 0.29) is 12.1 Å². The zero-order valence-corrected chi connectivity index (χ0v) is 12.1. The molecule has 1 unspecified atom stereocenters. The lowest BCUT2D eigenvalue weighted by atomic mass is 10.2. The quantitative estimate of drug-likeness (QED) is 0.926. The van der Waals surface area contributed by atoms with Crippen LogP contribution in [-0.4, -0.2) is 42.5 Å². The Kier molecular flexibility index (Phi) is 4.06. The molecule has 17 heavy (non-hydrogen) atoms. The summed E-state index contributed by atoms with van der Waals surface area (Å²) < 4.78 is 1.08. The van der Waals surface area contributed by atoms with Crippen LogP contribution in [0.15, 0.2) is 15.9 Å². The third-order valence-corrected chi connectivity index (χ3v) is 4.78. The van der Waals surface area contributed by atoms with Crippen LogP contribution in [0.2, 0.25) is 0 Å². The first kappa shape index (κ1) is 12.9. The summed E-state index contributed by atoms with van der Waals surface area (Å²) in [5.74, 6) is 0. The number of nitrogens with zero attached hydrogens (tertiary/aromatic N) is 2. The van der Waals surface area contributed by atoms with Gasteiger partial charge in [-0.25, -0.2) is 4.79 Å². The average molecular weight is 318 g/mol. The number of rotatable bonds is 4. The molecule has 0 aliphatic carbocycles. The smallest absolute Gasteiger partial charge is 0.320 e. The summed E-state index contributed by atoms with van der Waals surface area (Å²) in [4.78, 5) is 16.9. The second-order valence-electron chi connectivity index (χ2n) is 4.16. The Morgan fingerprint density at radius 1 is 1.65 bits per heavy atom. The summed E-state index contributed by atoms with van der Waals surface area (Å²) >= 11 is 5.13. The molecule has 2 amide bonds. The number of halogens is 1. The van der Waals surface area contributed by atoms with Gasteiger partial charge in [0.05, 0.1) is 6.04 Å². The molecule has 2 heterocycles. The number of thiophene rings is 1. The van der Waals surface area contributed by atoms with Crippen LogP contribution in [0.25, 0.3) is 0 Å². The number of likely N-dealkylation sites (N-methyl/N-ethyl adjacent to an activating group) is 1. The molecule has 6 heteroatoms. The highest BCUT2D eigenvalue weighted by atomic mass is 79.9. The molecule has 0 radical (unpaired) electrons. The predicted octanol–water partition coefficient (Wildman–Crippen LogP) is 2.27. The van der Waals surface area contributed by atoms with E-state index in [1.807, 2.05) is 16.8 Å². The minimum atomic E-state index is 0.105. The first-order chi connectivity index (χ1) is 8.13. The first-order valence-electron chi connectivity index (χ1n) is 5.59. The monoisotopic (exact) mass is 317 g/mol. The van der Waals surface area contributed by atoms with Gasteiger partial charge < -0.3 is 15.5 Å². The number of hydrogen-bond donors (Lipinski definition) is 1. The fourth-order valence-electron chi connectivity index (χ4n) is 2.02. The maximum absolute atomic E-state index is 12.0. The molecular formula is C11H16BrN3OS. The highest BCUT2D eigenvalue weighted by Gasteiger charge is 2.35. The lowest BCUT2D eigenvalue weighted by Crippen LogP contribution is -2.31. The minimum absolute atomic E-state index is 0.105. The average Bonchev–Trinajstić information content (AvgIpc) is 2.84. The van der Waals surface area contributed by atoms with Crippen molar-refractivity contribution < 1.29 is 4.79 Å². The Bertz CT molecular complexity index is 409. The van der Waals surface area contributed by atoms with E-state index in [1.54, 1.807) is 11.3 Å². The Morgan fingerprint density at radius 3 is 3.00 bits per heavy atom. The van der Waals surface area contributed by atoms with E-state index in [2.05, 4.69) is 27.4 Å². The van der Waals surface area contributed by atoms with Crippen molar-refractivity contribution in [2.75, 3.05) is 26.7 Å². The molecule has 94 valence electrons. The van der Waals surface area contributed by atoms with Crippen molar-refractivity contribution in [3.63, 3.8) is 0 Å². The van der Waals surface area contributed by atoms with Crippen molar-refractivity contribution in [2.24, 2.45) is 5.73 Å².